The van der Waals surface area contributed by atoms with Crippen LogP contribution in [0.1, 0.15) is 45.2 Å². The minimum atomic E-state index is -3.74. The second kappa shape index (κ2) is 8.26. The molecule has 6 nitrogen and oxygen atoms in total. The van der Waals surface area contributed by atoms with Crippen molar-refractivity contribution in [3.05, 3.63) is 63.7 Å². The maximum absolute atomic E-state index is 12.7. The highest BCUT2D eigenvalue weighted by Gasteiger charge is 2.25. The molecule has 3 rings (SSSR count). The Labute approximate surface area is 175 Å². The lowest BCUT2D eigenvalue weighted by Gasteiger charge is -2.15. The van der Waals surface area contributed by atoms with Crippen LogP contribution in [0.4, 0.5) is 0 Å². The largest absolute Gasteiger partial charge is 0.451 e. The third-order valence-corrected chi connectivity index (χ3v) is 7.11. The number of halogens is 1. The maximum Gasteiger partial charge on any atom is 0.340 e. The Balaban J connectivity index is 1.80. The van der Waals surface area contributed by atoms with Crippen LogP contribution in [0.2, 0.25) is 5.02 Å². The van der Waals surface area contributed by atoms with E-state index in [-0.39, 0.29) is 21.3 Å². The molecule has 0 aromatic heterocycles. The van der Waals surface area contributed by atoms with Crippen LogP contribution in [-0.4, -0.2) is 44.7 Å². The second-order valence-corrected chi connectivity index (χ2v) is 9.74. The first kappa shape index (κ1) is 21.5. The lowest BCUT2D eigenvalue weighted by molar-refractivity contribution is 0.0318. The number of carbonyl (C=O) groups excluding carboxylic acids is 2. The fourth-order valence-corrected chi connectivity index (χ4v) is 4.39. The molecular weight excluding hydrogens is 414 g/mol. The van der Waals surface area contributed by atoms with Gasteiger partial charge < -0.3 is 4.74 Å². The summed E-state index contributed by atoms with van der Waals surface area (Å²) in [6, 6.07) is 9.33. The Bertz CT molecular complexity index is 1080. The minimum absolute atomic E-state index is 0.0462. The van der Waals surface area contributed by atoms with E-state index in [9.17, 15) is 18.0 Å². The van der Waals surface area contributed by atoms with Gasteiger partial charge in [0.05, 0.1) is 15.5 Å². The molecule has 0 saturated heterocycles. The van der Waals surface area contributed by atoms with Crippen LogP contribution in [0.15, 0.2) is 41.3 Å². The summed E-state index contributed by atoms with van der Waals surface area (Å²) in [5.74, 6) is -1.17. The zero-order chi connectivity index (χ0) is 21.3. The van der Waals surface area contributed by atoms with Crippen LogP contribution >= 0.6 is 11.6 Å². The Morgan fingerprint density at radius 1 is 1.07 bits per heavy atom. The van der Waals surface area contributed by atoms with Crippen molar-refractivity contribution in [2.75, 3.05) is 14.1 Å². The zero-order valence-electron chi connectivity index (χ0n) is 16.4. The Kier molecular flexibility index (Phi) is 6.12. The van der Waals surface area contributed by atoms with E-state index in [0.29, 0.717) is 5.56 Å². The molecule has 2 aromatic rings. The molecule has 154 valence electrons. The van der Waals surface area contributed by atoms with Gasteiger partial charge in [-0.05, 0) is 61.6 Å². The second-order valence-electron chi connectivity index (χ2n) is 7.18. The highest BCUT2D eigenvalue weighted by atomic mass is 35.5. The summed E-state index contributed by atoms with van der Waals surface area (Å²) in [7, 11) is -0.967. The predicted octanol–water partition coefficient (Wildman–Crippen LogP) is 3.51. The smallest absolute Gasteiger partial charge is 0.340 e. The number of benzene rings is 2. The van der Waals surface area contributed by atoms with Crippen molar-refractivity contribution in [1.82, 2.24) is 4.31 Å². The molecule has 0 saturated carbocycles. The van der Waals surface area contributed by atoms with Gasteiger partial charge in [0.25, 0.3) is 0 Å². The number of aryl methyl sites for hydroxylation is 2. The van der Waals surface area contributed by atoms with Crippen molar-refractivity contribution in [3.63, 3.8) is 0 Å². The van der Waals surface area contributed by atoms with E-state index in [0.717, 1.165) is 35.2 Å². The topological polar surface area (TPSA) is 80.8 Å². The number of carbonyl (C=O) groups is 2. The van der Waals surface area contributed by atoms with Crippen molar-refractivity contribution in [3.8, 4) is 0 Å². The number of fused-ring (bicyclic) bond motifs is 1. The molecule has 1 aliphatic rings. The van der Waals surface area contributed by atoms with Gasteiger partial charge >= 0.3 is 5.97 Å². The summed E-state index contributed by atoms with van der Waals surface area (Å²) in [5.41, 5.74) is 2.78. The number of hydrogen-bond acceptors (Lipinski definition) is 5. The van der Waals surface area contributed by atoms with Crippen molar-refractivity contribution in [2.45, 2.75) is 37.2 Å². The summed E-state index contributed by atoms with van der Waals surface area (Å²) in [6.07, 6.45) is 1.99. The molecule has 0 amide bonds. The van der Waals surface area contributed by atoms with Crippen molar-refractivity contribution in [2.24, 2.45) is 0 Å². The number of esters is 1. The molecule has 8 heteroatoms. The number of rotatable bonds is 6. The van der Waals surface area contributed by atoms with E-state index >= 15 is 0 Å². The lowest BCUT2D eigenvalue weighted by Crippen LogP contribution is -2.25. The highest BCUT2D eigenvalue weighted by molar-refractivity contribution is 7.89. The molecule has 0 heterocycles. The van der Waals surface area contributed by atoms with E-state index in [1.807, 2.05) is 12.1 Å². The molecule has 0 radical (unpaired) electrons. The third kappa shape index (κ3) is 4.37. The molecule has 0 fully saturated rings. The average Bonchev–Trinajstić information content (AvgIpc) is 3.15. The average molecular weight is 436 g/mol. The van der Waals surface area contributed by atoms with E-state index in [4.69, 9.17) is 16.3 Å². The van der Waals surface area contributed by atoms with Crippen LogP contribution in [0, 0.1) is 0 Å². The van der Waals surface area contributed by atoms with Crippen LogP contribution in [0.5, 0.6) is 0 Å². The lowest BCUT2D eigenvalue weighted by atomic mass is 10.0. The molecule has 2 aromatic carbocycles. The number of hydrogen-bond donors (Lipinski definition) is 0. The van der Waals surface area contributed by atoms with E-state index < -0.39 is 22.1 Å². The van der Waals surface area contributed by atoms with Gasteiger partial charge in [0, 0.05) is 19.7 Å². The quantitative estimate of drug-likeness (QED) is 0.512. The number of sulfonamides is 1. The van der Waals surface area contributed by atoms with Gasteiger partial charge in [-0.15, -0.1) is 0 Å². The van der Waals surface area contributed by atoms with Crippen LogP contribution in [0.3, 0.4) is 0 Å². The SMILES string of the molecule is CC(OC(=O)c1cc(S(=O)(=O)N(C)C)ccc1Cl)C(=O)c1ccc2c(c1)CCC2. The van der Waals surface area contributed by atoms with E-state index in [1.54, 1.807) is 6.07 Å². The van der Waals surface area contributed by atoms with Crippen molar-refractivity contribution < 1.29 is 22.7 Å². The summed E-state index contributed by atoms with van der Waals surface area (Å²) < 4.78 is 30.9. The first-order chi connectivity index (χ1) is 13.6. The summed E-state index contributed by atoms with van der Waals surface area (Å²) in [5, 5.41) is 0.0462. The summed E-state index contributed by atoms with van der Waals surface area (Å²) in [4.78, 5) is 25.2. The van der Waals surface area contributed by atoms with Crippen LogP contribution < -0.4 is 0 Å². The van der Waals surface area contributed by atoms with Gasteiger partial charge in [-0.1, -0.05) is 23.7 Å². The molecule has 1 aliphatic carbocycles. The molecule has 0 spiro atoms. The van der Waals surface area contributed by atoms with Gasteiger partial charge in [-0.3, -0.25) is 4.79 Å². The third-order valence-electron chi connectivity index (χ3n) is 4.97. The van der Waals surface area contributed by atoms with Gasteiger partial charge in [-0.25, -0.2) is 17.5 Å². The minimum Gasteiger partial charge on any atom is -0.451 e. The van der Waals surface area contributed by atoms with Gasteiger partial charge in [0.15, 0.2) is 6.10 Å². The Hall–Kier alpha value is -2.22. The number of Topliss-reactive ketones (excluding diaryl/α,β-unsaturated/α-hetero) is 1. The maximum atomic E-state index is 12.7. The van der Waals surface area contributed by atoms with E-state index in [1.165, 1.54) is 38.7 Å². The van der Waals surface area contributed by atoms with Crippen LogP contribution in [-0.2, 0) is 27.6 Å². The molecule has 29 heavy (non-hydrogen) atoms. The van der Waals surface area contributed by atoms with E-state index in [2.05, 4.69) is 0 Å². The van der Waals surface area contributed by atoms with Crippen molar-refractivity contribution in [1.29, 1.82) is 0 Å². The molecule has 0 N–H and O–H groups in total. The number of ketones is 1. The standard InChI is InChI=1S/C21H22ClNO5S/c1-13(20(24)16-8-7-14-5-4-6-15(14)11-16)28-21(25)18-12-17(9-10-19(18)22)29(26,27)23(2)3/h7-13H,4-6H2,1-3H3. The highest BCUT2D eigenvalue weighted by Crippen LogP contribution is 2.25. The molecule has 1 unspecified atom stereocenters. The molecule has 0 bridgehead atoms. The Morgan fingerprint density at radius 2 is 1.76 bits per heavy atom. The number of ether oxygens (including phenoxy) is 1. The van der Waals surface area contributed by atoms with Gasteiger partial charge in [0.1, 0.15) is 0 Å². The van der Waals surface area contributed by atoms with Crippen molar-refractivity contribution >= 4 is 33.4 Å². The first-order valence-corrected chi connectivity index (χ1v) is 11.0. The first-order valence-electron chi connectivity index (χ1n) is 9.20. The summed E-state index contributed by atoms with van der Waals surface area (Å²) in [6.45, 7) is 1.49. The monoisotopic (exact) mass is 435 g/mol. The molecule has 0 aliphatic heterocycles. The molecule has 1 atom stereocenters. The Morgan fingerprint density at radius 3 is 2.45 bits per heavy atom. The molecular formula is C21H22ClNO5S. The van der Waals surface area contributed by atoms with Gasteiger partial charge in [0.2, 0.25) is 15.8 Å². The fraction of sp³-hybridized carbons (Fsp3) is 0.333. The number of nitrogens with zero attached hydrogens (tertiary/aromatic N) is 1. The summed E-state index contributed by atoms with van der Waals surface area (Å²) >= 11 is 6.07. The predicted molar refractivity (Wildman–Crippen MR) is 110 cm³/mol. The zero-order valence-corrected chi connectivity index (χ0v) is 18.0. The van der Waals surface area contributed by atoms with Gasteiger partial charge in [-0.2, -0.15) is 0 Å². The van der Waals surface area contributed by atoms with Crippen LogP contribution in [0.25, 0.3) is 0 Å². The normalized spacial score (nSPS) is 14.5. The fourth-order valence-electron chi connectivity index (χ4n) is 3.27.